The van der Waals surface area contributed by atoms with Crippen molar-refractivity contribution in [3.63, 3.8) is 0 Å². The summed E-state index contributed by atoms with van der Waals surface area (Å²) >= 11 is 0. The number of rotatable bonds is 0. The summed E-state index contributed by atoms with van der Waals surface area (Å²) in [6.45, 7) is 4.25. The summed E-state index contributed by atoms with van der Waals surface area (Å²) in [6.07, 6.45) is 1.25. The Balaban J connectivity index is 0.000000170. The van der Waals surface area contributed by atoms with Crippen LogP contribution in [0.2, 0.25) is 0 Å². The molecule has 0 amide bonds. The molecule has 4 aromatic carbocycles. The lowest BCUT2D eigenvalue weighted by molar-refractivity contribution is 0.408. The van der Waals surface area contributed by atoms with Crippen molar-refractivity contribution < 1.29 is 20.4 Å². The minimum absolute atomic E-state index is 0.0481. The maximum Gasteiger partial charge on any atom is 0.165 e. The average molecular weight is 364 g/mol. The van der Waals surface area contributed by atoms with Gasteiger partial charge in [-0.05, 0) is 22.9 Å². The third kappa shape index (κ3) is 4.82. The molecule has 0 spiro atoms. The maximum atomic E-state index is 9.41. The zero-order chi connectivity index (χ0) is 19.8. The normalized spacial score (nSPS) is 9.85. The van der Waals surface area contributed by atoms with Gasteiger partial charge in [-0.3, -0.25) is 0 Å². The average Bonchev–Trinajstić information content (AvgIpc) is 2.69. The van der Waals surface area contributed by atoms with Gasteiger partial charge in [0, 0.05) is 10.8 Å². The fourth-order valence-electron chi connectivity index (χ4n) is 2.49. The second-order valence-electron chi connectivity index (χ2n) is 6.02. The van der Waals surface area contributed by atoms with Crippen molar-refractivity contribution in [1.29, 1.82) is 0 Å². The van der Waals surface area contributed by atoms with Crippen molar-refractivity contribution in [1.82, 2.24) is 0 Å². The van der Waals surface area contributed by atoms with E-state index < -0.39 is 0 Å². The Morgan fingerprint density at radius 3 is 1.22 bits per heavy atom. The van der Waals surface area contributed by atoms with Crippen LogP contribution in [0, 0.1) is 0 Å². The molecule has 0 aliphatic rings. The molecule has 0 bridgehead atoms. The highest BCUT2D eigenvalue weighted by molar-refractivity contribution is 5.90. The molecule has 4 heteroatoms. The van der Waals surface area contributed by atoms with E-state index in [0.717, 1.165) is 10.8 Å². The number of hydrogen-bond donors (Lipinski definition) is 4. The zero-order valence-electron chi connectivity index (χ0n) is 15.4. The van der Waals surface area contributed by atoms with Crippen LogP contribution in [0.25, 0.3) is 21.5 Å². The van der Waals surface area contributed by atoms with E-state index in [1.165, 1.54) is 18.6 Å². The van der Waals surface area contributed by atoms with Gasteiger partial charge in [-0.1, -0.05) is 80.9 Å². The van der Waals surface area contributed by atoms with Gasteiger partial charge in [0.15, 0.2) is 23.0 Å². The van der Waals surface area contributed by atoms with Crippen LogP contribution in [-0.4, -0.2) is 20.4 Å². The van der Waals surface area contributed by atoms with Gasteiger partial charge >= 0.3 is 0 Å². The van der Waals surface area contributed by atoms with Crippen molar-refractivity contribution in [3.05, 3.63) is 72.8 Å². The first-order chi connectivity index (χ1) is 13.0. The first-order valence-corrected chi connectivity index (χ1v) is 8.78. The van der Waals surface area contributed by atoms with E-state index in [0.29, 0.717) is 10.8 Å². The van der Waals surface area contributed by atoms with Crippen LogP contribution < -0.4 is 0 Å². The van der Waals surface area contributed by atoms with Crippen LogP contribution in [0.15, 0.2) is 72.8 Å². The fourth-order valence-corrected chi connectivity index (χ4v) is 2.49. The second kappa shape index (κ2) is 9.34. The zero-order valence-corrected chi connectivity index (χ0v) is 15.4. The summed E-state index contributed by atoms with van der Waals surface area (Å²) in [5.74, 6) is -0.247. The highest BCUT2D eigenvalue weighted by Crippen LogP contribution is 2.33. The summed E-state index contributed by atoms with van der Waals surface area (Å²) in [5, 5.41) is 40.4. The number of phenols is 4. The Hall–Kier alpha value is -3.40. The third-order valence-corrected chi connectivity index (χ3v) is 3.76. The topological polar surface area (TPSA) is 80.9 Å². The molecule has 4 nitrogen and oxygen atoms in total. The lowest BCUT2D eigenvalue weighted by atomic mass is 10.1. The summed E-state index contributed by atoms with van der Waals surface area (Å²) in [7, 11) is 0. The molecular weight excluding hydrogens is 340 g/mol. The number of aromatic hydroxyl groups is 4. The fraction of sp³-hybridized carbons (Fsp3) is 0.130. The molecule has 4 N–H and O–H groups in total. The van der Waals surface area contributed by atoms with Crippen LogP contribution >= 0.6 is 0 Å². The Kier molecular flexibility index (Phi) is 6.89. The maximum absolute atomic E-state index is 9.41. The molecule has 140 valence electrons. The van der Waals surface area contributed by atoms with Crippen LogP contribution in [0.3, 0.4) is 0 Å². The smallest absolute Gasteiger partial charge is 0.165 e. The lowest BCUT2D eigenvalue weighted by Crippen LogP contribution is -1.73. The van der Waals surface area contributed by atoms with E-state index >= 15 is 0 Å². The highest BCUT2D eigenvalue weighted by atomic mass is 16.3. The van der Waals surface area contributed by atoms with Crippen molar-refractivity contribution >= 4 is 21.5 Å². The van der Waals surface area contributed by atoms with E-state index in [1.54, 1.807) is 24.3 Å². The lowest BCUT2D eigenvalue weighted by Gasteiger charge is -2.01. The van der Waals surface area contributed by atoms with Gasteiger partial charge in [-0.2, -0.15) is 0 Å². The van der Waals surface area contributed by atoms with Crippen molar-refractivity contribution in [2.45, 2.75) is 20.3 Å². The Labute approximate surface area is 158 Å². The molecule has 0 saturated heterocycles. The van der Waals surface area contributed by atoms with Gasteiger partial charge in [0.1, 0.15) is 0 Å². The minimum atomic E-state index is -0.0753. The summed E-state index contributed by atoms with van der Waals surface area (Å²) in [4.78, 5) is 0. The minimum Gasteiger partial charge on any atom is -0.504 e. The van der Waals surface area contributed by atoms with Crippen LogP contribution in [0.5, 0.6) is 23.0 Å². The molecule has 0 radical (unpaired) electrons. The quantitative estimate of drug-likeness (QED) is 0.292. The van der Waals surface area contributed by atoms with Gasteiger partial charge < -0.3 is 20.4 Å². The summed E-state index contributed by atoms with van der Waals surface area (Å²) < 4.78 is 0. The second-order valence-corrected chi connectivity index (χ2v) is 6.02. The monoisotopic (exact) mass is 364 g/mol. The Morgan fingerprint density at radius 2 is 0.852 bits per heavy atom. The van der Waals surface area contributed by atoms with E-state index in [9.17, 15) is 10.2 Å². The van der Waals surface area contributed by atoms with Gasteiger partial charge in [0.25, 0.3) is 0 Å². The summed E-state index contributed by atoms with van der Waals surface area (Å²) in [5.41, 5.74) is 0. The largest absolute Gasteiger partial charge is 0.504 e. The van der Waals surface area contributed by atoms with Crippen LogP contribution in [0.1, 0.15) is 20.3 Å². The van der Waals surface area contributed by atoms with Crippen LogP contribution in [0.4, 0.5) is 0 Å². The SMILES string of the molecule is CCC.Oc1ccc2ccccc2c1O.Oc1ccc2ccccc2c1O. The van der Waals surface area contributed by atoms with Crippen molar-refractivity contribution in [2.24, 2.45) is 0 Å². The molecule has 0 aromatic heterocycles. The molecular formula is C23H24O4. The van der Waals surface area contributed by atoms with E-state index in [-0.39, 0.29) is 23.0 Å². The molecule has 0 heterocycles. The predicted octanol–water partition coefficient (Wildman–Crippen LogP) is 5.92. The molecule has 27 heavy (non-hydrogen) atoms. The molecule has 0 saturated carbocycles. The molecule has 4 rings (SSSR count). The predicted molar refractivity (Wildman–Crippen MR) is 111 cm³/mol. The van der Waals surface area contributed by atoms with Crippen LogP contribution in [-0.2, 0) is 0 Å². The molecule has 0 aliphatic carbocycles. The van der Waals surface area contributed by atoms with Crippen molar-refractivity contribution in [2.75, 3.05) is 0 Å². The van der Waals surface area contributed by atoms with Gasteiger partial charge in [-0.25, -0.2) is 0 Å². The Bertz CT molecular complexity index is 942. The molecule has 0 unspecified atom stereocenters. The third-order valence-electron chi connectivity index (χ3n) is 3.76. The summed E-state index contributed by atoms with van der Waals surface area (Å²) in [6, 6.07) is 21.2. The standard InChI is InChI=1S/2C10H8O2.C3H8/c2*11-9-6-5-7-3-1-2-4-8(7)10(9)12;1-3-2/h2*1-6,11-12H;3H2,1-2H3. The molecule has 4 aromatic rings. The first-order valence-electron chi connectivity index (χ1n) is 8.78. The van der Waals surface area contributed by atoms with Gasteiger partial charge in [-0.15, -0.1) is 0 Å². The Morgan fingerprint density at radius 1 is 0.519 bits per heavy atom. The van der Waals surface area contributed by atoms with E-state index in [1.807, 2.05) is 36.4 Å². The van der Waals surface area contributed by atoms with Crippen molar-refractivity contribution in [3.8, 4) is 23.0 Å². The number of phenolic OH excluding ortho intramolecular Hbond substituents is 4. The number of hydrogen-bond acceptors (Lipinski definition) is 4. The first kappa shape index (κ1) is 19.9. The number of fused-ring (bicyclic) bond motifs is 2. The van der Waals surface area contributed by atoms with E-state index in [2.05, 4.69) is 13.8 Å². The molecule has 0 fully saturated rings. The number of benzene rings is 4. The van der Waals surface area contributed by atoms with Gasteiger partial charge in [0.2, 0.25) is 0 Å². The van der Waals surface area contributed by atoms with Gasteiger partial charge in [0.05, 0.1) is 0 Å². The molecule has 0 aliphatic heterocycles. The molecule has 0 atom stereocenters. The van der Waals surface area contributed by atoms with E-state index in [4.69, 9.17) is 10.2 Å². The highest BCUT2D eigenvalue weighted by Gasteiger charge is 2.03.